The number of hydrogen-bond acceptors (Lipinski definition) is 3. The third kappa shape index (κ3) is 5.52. The molecule has 124 valence electrons. The molecule has 1 N–H and O–H groups in total. The number of rotatable bonds is 5. The van der Waals surface area contributed by atoms with Gasteiger partial charge >= 0.3 is 5.97 Å². The normalized spacial score (nSPS) is 12.0. The minimum Gasteiger partial charge on any atom is -0.449 e. The molecule has 24 heavy (non-hydrogen) atoms. The molecule has 0 bridgehead atoms. The monoisotopic (exact) mass is 347 g/mol. The maximum atomic E-state index is 13.0. The molecule has 1 atom stereocenters. The lowest BCUT2D eigenvalue weighted by Gasteiger charge is -2.12. The molecule has 6 heteroatoms. The highest BCUT2D eigenvalue weighted by molar-refractivity contribution is 6.30. The standard InChI is InChI=1S/C18H15ClFNO3/c1-12(18(23)21-16-8-6-14(19)7-9-16)24-17(22)10-5-13-3-2-4-15(20)11-13/h2-12H,1H3,(H,21,23)/b10-5+/t12-/m0/s1. The summed E-state index contributed by atoms with van der Waals surface area (Å²) in [5.41, 5.74) is 1.06. The van der Waals surface area contributed by atoms with Crippen LogP contribution in [-0.2, 0) is 14.3 Å². The minimum atomic E-state index is -0.981. The lowest BCUT2D eigenvalue weighted by atomic mass is 10.2. The van der Waals surface area contributed by atoms with Gasteiger partial charge in [-0.05, 0) is 55.0 Å². The zero-order valence-corrected chi connectivity index (χ0v) is 13.6. The summed E-state index contributed by atoms with van der Waals surface area (Å²) in [7, 11) is 0. The van der Waals surface area contributed by atoms with Crippen LogP contribution in [0, 0.1) is 5.82 Å². The average Bonchev–Trinajstić information content (AvgIpc) is 2.55. The largest absolute Gasteiger partial charge is 0.449 e. The van der Waals surface area contributed by atoms with E-state index in [4.69, 9.17) is 16.3 Å². The highest BCUT2D eigenvalue weighted by Crippen LogP contribution is 2.14. The molecule has 0 spiro atoms. The highest BCUT2D eigenvalue weighted by atomic mass is 35.5. The number of carbonyl (C=O) groups is 2. The molecule has 0 radical (unpaired) electrons. The first kappa shape index (κ1) is 17.7. The molecule has 0 saturated carbocycles. The first-order chi connectivity index (χ1) is 11.4. The van der Waals surface area contributed by atoms with E-state index >= 15 is 0 Å². The number of anilines is 1. The van der Waals surface area contributed by atoms with Gasteiger partial charge in [0.25, 0.3) is 5.91 Å². The summed E-state index contributed by atoms with van der Waals surface area (Å²) in [6, 6.07) is 12.3. The van der Waals surface area contributed by atoms with E-state index in [-0.39, 0.29) is 0 Å². The van der Waals surface area contributed by atoms with Crippen molar-refractivity contribution in [3.05, 3.63) is 71.0 Å². The second-order valence-corrected chi connectivity index (χ2v) is 5.40. The maximum Gasteiger partial charge on any atom is 0.331 e. The van der Waals surface area contributed by atoms with Gasteiger partial charge in [0.2, 0.25) is 0 Å². The van der Waals surface area contributed by atoms with Crippen LogP contribution < -0.4 is 5.32 Å². The lowest BCUT2D eigenvalue weighted by Crippen LogP contribution is -2.29. The van der Waals surface area contributed by atoms with Gasteiger partial charge in [-0.2, -0.15) is 0 Å². The van der Waals surface area contributed by atoms with Crippen LogP contribution in [0.4, 0.5) is 10.1 Å². The molecule has 0 fully saturated rings. The lowest BCUT2D eigenvalue weighted by molar-refractivity contribution is -0.148. The third-order valence-corrected chi connectivity index (χ3v) is 3.29. The fourth-order valence-corrected chi connectivity index (χ4v) is 1.94. The van der Waals surface area contributed by atoms with Crippen LogP contribution in [0.1, 0.15) is 12.5 Å². The smallest absolute Gasteiger partial charge is 0.331 e. The van der Waals surface area contributed by atoms with Gasteiger partial charge in [-0.25, -0.2) is 9.18 Å². The summed E-state index contributed by atoms with van der Waals surface area (Å²) in [5.74, 6) is -1.57. The molecule has 0 aliphatic carbocycles. The van der Waals surface area contributed by atoms with Gasteiger partial charge in [0, 0.05) is 16.8 Å². The average molecular weight is 348 g/mol. The van der Waals surface area contributed by atoms with Crippen LogP contribution >= 0.6 is 11.6 Å². The second-order valence-electron chi connectivity index (χ2n) is 4.96. The highest BCUT2D eigenvalue weighted by Gasteiger charge is 2.16. The van der Waals surface area contributed by atoms with Gasteiger partial charge in [0.1, 0.15) is 5.82 Å². The van der Waals surface area contributed by atoms with Gasteiger partial charge in [0.05, 0.1) is 0 Å². The zero-order valence-electron chi connectivity index (χ0n) is 12.8. The molecular weight excluding hydrogens is 333 g/mol. The van der Waals surface area contributed by atoms with E-state index in [1.54, 1.807) is 30.3 Å². The predicted octanol–water partition coefficient (Wildman–Crippen LogP) is 4.06. The van der Waals surface area contributed by atoms with E-state index in [1.165, 1.54) is 31.2 Å². The molecule has 2 aromatic rings. The Balaban J connectivity index is 1.88. The number of esters is 1. The van der Waals surface area contributed by atoms with Crippen molar-refractivity contribution in [2.45, 2.75) is 13.0 Å². The Morgan fingerprint density at radius 2 is 1.92 bits per heavy atom. The minimum absolute atomic E-state index is 0.402. The van der Waals surface area contributed by atoms with E-state index in [1.807, 2.05) is 0 Å². The van der Waals surface area contributed by atoms with Crippen LogP contribution in [0.15, 0.2) is 54.6 Å². The van der Waals surface area contributed by atoms with Crippen LogP contribution in [0.5, 0.6) is 0 Å². The first-order valence-corrected chi connectivity index (χ1v) is 7.52. The quantitative estimate of drug-likeness (QED) is 0.655. The Hall–Kier alpha value is -2.66. The first-order valence-electron chi connectivity index (χ1n) is 7.15. The zero-order chi connectivity index (χ0) is 17.5. The van der Waals surface area contributed by atoms with Crippen LogP contribution in [-0.4, -0.2) is 18.0 Å². The summed E-state index contributed by atoms with van der Waals surface area (Å²) in [5, 5.41) is 3.16. The summed E-state index contributed by atoms with van der Waals surface area (Å²) in [6.07, 6.45) is 1.57. The summed E-state index contributed by atoms with van der Waals surface area (Å²) >= 11 is 5.76. The van der Waals surface area contributed by atoms with E-state index in [9.17, 15) is 14.0 Å². The van der Waals surface area contributed by atoms with Crippen molar-refractivity contribution >= 4 is 35.2 Å². The Kier molecular flexibility index (Phi) is 6.09. The van der Waals surface area contributed by atoms with Crippen LogP contribution in [0.3, 0.4) is 0 Å². The van der Waals surface area contributed by atoms with Gasteiger partial charge in [-0.15, -0.1) is 0 Å². The maximum absolute atomic E-state index is 13.0. The van der Waals surface area contributed by atoms with Crippen LogP contribution in [0.25, 0.3) is 6.08 Å². The fraction of sp³-hybridized carbons (Fsp3) is 0.111. The number of carbonyl (C=O) groups excluding carboxylic acids is 2. The van der Waals surface area contributed by atoms with Crippen molar-refractivity contribution in [3.63, 3.8) is 0 Å². The van der Waals surface area contributed by atoms with Crippen molar-refractivity contribution in [2.24, 2.45) is 0 Å². The molecule has 2 aromatic carbocycles. The van der Waals surface area contributed by atoms with E-state index < -0.39 is 23.8 Å². The fourth-order valence-electron chi connectivity index (χ4n) is 1.82. The number of benzene rings is 2. The van der Waals surface area contributed by atoms with E-state index in [2.05, 4.69) is 5.32 Å². The molecule has 0 saturated heterocycles. The SMILES string of the molecule is C[C@H](OC(=O)/C=C/c1cccc(F)c1)C(=O)Nc1ccc(Cl)cc1. The van der Waals surface area contributed by atoms with Crippen molar-refractivity contribution in [3.8, 4) is 0 Å². The number of hydrogen-bond donors (Lipinski definition) is 1. The molecule has 2 rings (SSSR count). The van der Waals surface area contributed by atoms with Gasteiger partial charge in [0.15, 0.2) is 6.10 Å². The number of ether oxygens (including phenoxy) is 1. The second kappa shape index (κ2) is 8.26. The Bertz CT molecular complexity index is 759. The summed E-state index contributed by atoms with van der Waals surface area (Å²) in [6.45, 7) is 1.46. The van der Waals surface area contributed by atoms with Crippen molar-refractivity contribution in [1.29, 1.82) is 0 Å². The molecule has 0 unspecified atom stereocenters. The Morgan fingerprint density at radius 3 is 2.58 bits per heavy atom. The predicted molar refractivity (Wildman–Crippen MR) is 91.1 cm³/mol. The summed E-state index contributed by atoms with van der Waals surface area (Å²) in [4.78, 5) is 23.7. The van der Waals surface area contributed by atoms with Gasteiger partial charge in [-0.1, -0.05) is 23.7 Å². The van der Waals surface area contributed by atoms with Crippen LogP contribution in [0.2, 0.25) is 5.02 Å². The molecule has 0 aliphatic rings. The number of halogens is 2. The van der Waals surface area contributed by atoms with E-state index in [0.29, 0.717) is 16.3 Å². The van der Waals surface area contributed by atoms with E-state index in [0.717, 1.165) is 6.08 Å². The molecule has 0 aromatic heterocycles. The van der Waals surface area contributed by atoms with Crippen molar-refractivity contribution in [1.82, 2.24) is 0 Å². The molecule has 0 aliphatic heterocycles. The molecular formula is C18H15ClFNO3. The molecule has 4 nitrogen and oxygen atoms in total. The van der Waals surface area contributed by atoms with Crippen molar-refractivity contribution in [2.75, 3.05) is 5.32 Å². The number of nitrogens with one attached hydrogen (secondary N) is 1. The van der Waals surface area contributed by atoms with Crippen molar-refractivity contribution < 1.29 is 18.7 Å². The Morgan fingerprint density at radius 1 is 1.21 bits per heavy atom. The Labute approximate surface area is 143 Å². The molecule has 0 heterocycles. The third-order valence-electron chi connectivity index (χ3n) is 3.03. The summed E-state index contributed by atoms with van der Waals surface area (Å²) < 4.78 is 18.0. The number of amides is 1. The molecule has 1 amide bonds. The van der Waals surface area contributed by atoms with Gasteiger partial charge < -0.3 is 10.1 Å². The van der Waals surface area contributed by atoms with Gasteiger partial charge in [-0.3, -0.25) is 4.79 Å². The topological polar surface area (TPSA) is 55.4 Å².